The third kappa shape index (κ3) is 4.81. The molecule has 1 amide bonds. The average Bonchev–Trinajstić information content (AvgIpc) is 3.03. The molecule has 7 nitrogen and oxygen atoms in total. The van der Waals surface area contributed by atoms with E-state index in [1.807, 2.05) is 19.9 Å². The number of hydrogen-bond acceptors (Lipinski definition) is 8. The second-order valence-corrected chi connectivity index (χ2v) is 8.06. The second kappa shape index (κ2) is 8.45. The van der Waals surface area contributed by atoms with Crippen molar-refractivity contribution in [3.05, 3.63) is 41.9 Å². The van der Waals surface area contributed by atoms with Crippen molar-refractivity contribution in [2.75, 3.05) is 11.9 Å². The lowest BCUT2D eigenvalue weighted by molar-refractivity contribution is -0.115. The molecule has 0 aliphatic rings. The summed E-state index contributed by atoms with van der Waals surface area (Å²) in [6.45, 7) is 5.77. The summed E-state index contributed by atoms with van der Waals surface area (Å²) in [5.41, 5.74) is 2.03. The highest BCUT2D eigenvalue weighted by atomic mass is 32.2. The van der Waals surface area contributed by atoms with Crippen molar-refractivity contribution in [3.8, 4) is 0 Å². The van der Waals surface area contributed by atoms with Gasteiger partial charge in [-0.3, -0.25) is 4.79 Å². The summed E-state index contributed by atoms with van der Waals surface area (Å²) in [4.78, 5) is 36.9. The first-order chi connectivity index (χ1) is 13.0. The molecule has 0 bridgehead atoms. The zero-order valence-electron chi connectivity index (χ0n) is 15.1. The molecule has 3 aromatic rings. The lowest BCUT2D eigenvalue weighted by Gasteiger charge is -2.09. The van der Waals surface area contributed by atoms with Crippen LogP contribution in [0.3, 0.4) is 0 Å². The minimum absolute atomic E-state index is 0.166. The molecule has 1 aromatic carbocycles. The summed E-state index contributed by atoms with van der Waals surface area (Å²) < 4.78 is 5.81. The molecule has 27 heavy (non-hydrogen) atoms. The van der Waals surface area contributed by atoms with E-state index in [0.29, 0.717) is 17.3 Å². The molecular weight excluding hydrogens is 384 g/mol. The minimum Gasteiger partial charge on any atom is -0.462 e. The Morgan fingerprint density at radius 1 is 1.30 bits per heavy atom. The van der Waals surface area contributed by atoms with Crippen molar-refractivity contribution in [1.29, 1.82) is 0 Å². The van der Waals surface area contributed by atoms with Gasteiger partial charge in [0.15, 0.2) is 5.13 Å². The molecule has 140 valence electrons. The topological polar surface area (TPSA) is 94.1 Å². The van der Waals surface area contributed by atoms with E-state index in [2.05, 4.69) is 20.3 Å². The molecule has 0 saturated heterocycles. The zero-order valence-corrected chi connectivity index (χ0v) is 16.7. The first-order valence-corrected chi connectivity index (χ1v) is 9.99. The average molecular weight is 403 g/mol. The molecule has 0 radical (unpaired) electrons. The normalized spacial score (nSPS) is 12.0. The number of carbonyl (C=O) groups is 2. The van der Waals surface area contributed by atoms with Crippen LogP contribution in [0.15, 0.2) is 35.6 Å². The number of thioether (sulfide) groups is 1. The van der Waals surface area contributed by atoms with Crippen LogP contribution < -0.4 is 5.32 Å². The number of amides is 1. The lowest BCUT2D eigenvalue weighted by Crippen LogP contribution is -2.22. The van der Waals surface area contributed by atoms with Gasteiger partial charge in [0.1, 0.15) is 11.4 Å². The highest BCUT2D eigenvalue weighted by molar-refractivity contribution is 8.00. The van der Waals surface area contributed by atoms with E-state index in [0.717, 1.165) is 20.9 Å². The van der Waals surface area contributed by atoms with Crippen LogP contribution >= 0.6 is 23.1 Å². The van der Waals surface area contributed by atoms with Gasteiger partial charge in [0, 0.05) is 5.69 Å². The fraction of sp³-hybridized carbons (Fsp3) is 0.278. The number of aryl methyl sites for hydroxylation is 1. The van der Waals surface area contributed by atoms with Crippen LogP contribution in [-0.2, 0) is 9.53 Å². The number of thiazole rings is 1. The van der Waals surface area contributed by atoms with E-state index < -0.39 is 0 Å². The fourth-order valence-electron chi connectivity index (χ4n) is 2.26. The quantitative estimate of drug-likeness (QED) is 0.382. The first-order valence-electron chi connectivity index (χ1n) is 8.30. The maximum atomic E-state index is 12.5. The Morgan fingerprint density at radius 3 is 2.85 bits per heavy atom. The number of hydrogen-bond donors (Lipinski definition) is 1. The summed E-state index contributed by atoms with van der Waals surface area (Å²) in [5, 5.41) is 3.71. The van der Waals surface area contributed by atoms with Crippen molar-refractivity contribution >= 4 is 50.3 Å². The number of carbonyl (C=O) groups excluding carboxylic acids is 2. The Labute approximate surface area is 164 Å². The van der Waals surface area contributed by atoms with Crippen molar-refractivity contribution in [1.82, 2.24) is 15.0 Å². The number of fused-ring (bicyclic) bond motifs is 1. The maximum Gasteiger partial charge on any atom is 0.338 e. The fourth-order valence-corrected chi connectivity index (χ4v) is 4.04. The Hall–Kier alpha value is -2.52. The van der Waals surface area contributed by atoms with E-state index in [9.17, 15) is 9.59 Å². The van der Waals surface area contributed by atoms with Crippen LogP contribution in [0.4, 0.5) is 5.13 Å². The molecule has 1 unspecified atom stereocenters. The number of nitrogens with one attached hydrogen (secondary N) is 1. The van der Waals surface area contributed by atoms with E-state index in [-0.39, 0.29) is 17.1 Å². The van der Waals surface area contributed by atoms with Crippen LogP contribution in [0.5, 0.6) is 0 Å². The van der Waals surface area contributed by atoms with Gasteiger partial charge in [0.05, 0.1) is 27.6 Å². The number of esters is 1. The molecular formula is C18H18N4O3S2. The SMILES string of the molecule is CCOC(=O)c1ccc2nc(NC(=O)C(C)Sc3cc(C)ncn3)sc2c1. The van der Waals surface area contributed by atoms with Gasteiger partial charge in [0.2, 0.25) is 5.91 Å². The largest absolute Gasteiger partial charge is 0.462 e. The molecule has 3 rings (SSSR count). The minimum atomic E-state index is -0.372. The maximum absolute atomic E-state index is 12.5. The van der Waals surface area contributed by atoms with Crippen LogP contribution in [0.2, 0.25) is 0 Å². The Bertz CT molecular complexity index is 990. The summed E-state index contributed by atoms with van der Waals surface area (Å²) >= 11 is 2.67. The van der Waals surface area contributed by atoms with Gasteiger partial charge in [0.25, 0.3) is 0 Å². The van der Waals surface area contributed by atoms with Crippen molar-refractivity contribution in [2.24, 2.45) is 0 Å². The van der Waals surface area contributed by atoms with Gasteiger partial charge in [-0.1, -0.05) is 23.1 Å². The summed E-state index contributed by atoms with van der Waals surface area (Å²) in [6.07, 6.45) is 1.48. The number of aromatic nitrogens is 3. The van der Waals surface area contributed by atoms with Crippen molar-refractivity contribution in [2.45, 2.75) is 31.0 Å². The van der Waals surface area contributed by atoms with Gasteiger partial charge in [-0.05, 0) is 45.0 Å². The molecule has 2 aromatic heterocycles. The predicted octanol–water partition coefficient (Wildman–Crippen LogP) is 3.69. The van der Waals surface area contributed by atoms with E-state index in [1.165, 1.54) is 29.4 Å². The van der Waals surface area contributed by atoms with Crippen LogP contribution in [0, 0.1) is 6.92 Å². The van der Waals surface area contributed by atoms with E-state index >= 15 is 0 Å². The number of anilines is 1. The molecule has 1 atom stereocenters. The van der Waals surface area contributed by atoms with Crippen molar-refractivity contribution in [3.63, 3.8) is 0 Å². The molecule has 0 aliphatic carbocycles. The van der Waals surface area contributed by atoms with Crippen LogP contribution in [0.25, 0.3) is 10.2 Å². The Kier molecular flexibility index (Phi) is 6.02. The van der Waals surface area contributed by atoms with Crippen molar-refractivity contribution < 1.29 is 14.3 Å². The standard InChI is InChI=1S/C18H18N4O3S2/c1-4-25-17(24)12-5-6-13-14(8-12)27-18(21-13)22-16(23)11(3)26-15-7-10(2)19-9-20-15/h5-9,11H,4H2,1-3H3,(H,21,22,23). The highest BCUT2D eigenvalue weighted by Crippen LogP contribution is 2.28. The van der Waals surface area contributed by atoms with Crippen LogP contribution in [0.1, 0.15) is 29.9 Å². The number of benzene rings is 1. The summed E-state index contributed by atoms with van der Waals surface area (Å²) in [5.74, 6) is -0.538. The molecule has 0 aliphatic heterocycles. The van der Waals surface area contributed by atoms with Gasteiger partial charge in [-0.2, -0.15) is 0 Å². The van der Waals surface area contributed by atoms with Gasteiger partial charge in [-0.25, -0.2) is 19.7 Å². The molecule has 0 saturated carbocycles. The first kappa shape index (κ1) is 19.2. The van der Waals surface area contributed by atoms with Crippen LogP contribution in [-0.4, -0.2) is 38.7 Å². The molecule has 0 spiro atoms. The smallest absolute Gasteiger partial charge is 0.338 e. The lowest BCUT2D eigenvalue weighted by atomic mass is 10.2. The third-order valence-electron chi connectivity index (χ3n) is 3.58. The number of ether oxygens (including phenoxy) is 1. The Morgan fingerprint density at radius 2 is 2.11 bits per heavy atom. The monoisotopic (exact) mass is 402 g/mol. The van der Waals surface area contributed by atoms with Gasteiger partial charge in [-0.15, -0.1) is 0 Å². The van der Waals surface area contributed by atoms with E-state index in [1.54, 1.807) is 25.1 Å². The number of rotatable bonds is 6. The Balaban J connectivity index is 1.70. The molecule has 0 fully saturated rings. The summed E-state index contributed by atoms with van der Waals surface area (Å²) in [7, 11) is 0. The molecule has 2 heterocycles. The molecule has 1 N–H and O–H groups in total. The number of nitrogens with zero attached hydrogens (tertiary/aromatic N) is 3. The van der Waals surface area contributed by atoms with Gasteiger partial charge < -0.3 is 10.1 Å². The third-order valence-corrected chi connectivity index (χ3v) is 5.54. The van der Waals surface area contributed by atoms with Gasteiger partial charge >= 0.3 is 5.97 Å². The highest BCUT2D eigenvalue weighted by Gasteiger charge is 2.18. The predicted molar refractivity (Wildman–Crippen MR) is 106 cm³/mol. The zero-order chi connectivity index (χ0) is 19.4. The molecule has 9 heteroatoms. The van der Waals surface area contributed by atoms with E-state index in [4.69, 9.17) is 4.74 Å². The second-order valence-electron chi connectivity index (χ2n) is 5.67. The summed E-state index contributed by atoms with van der Waals surface area (Å²) in [6, 6.07) is 6.97.